The Morgan fingerprint density at radius 1 is 0.962 bits per heavy atom. The van der Waals surface area contributed by atoms with E-state index in [-0.39, 0.29) is 17.4 Å². The van der Waals surface area contributed by atoms with Gasteiger partial charge in [-0.1, -0.05) is 6.92 Å². The summed E-state index contributed by atoms with van der Waals surface area (Å²) in [4.78, 5) is 0. The topological polar surface area (TPSA) is 82.7 Å². The van der Waals surface area contributed by atoms with Gasteiger partial charge in [-0.15, -0.1) is 0 Å². The Morgan fingerprint density at radius 2 is 1.73 bits per heavy atom. The Kier molecular flexibility index (Phi) is 3.65. The molecule has 4 aliphatic carbocycles. The Hall–Kier alpha value is -0.670. The van der Waals surface area contributed by atoms with E-state index in [2.05, 4.69) is 13.0 Å². The van der Waals surface area contributed by atoms with Crippen LogP contribution in [0.25, 0.3) is 0 Å². The number of ether oxygens (including phenoxy) is 2. The highest BCUT2D eigenvalue weighted by atomic mass is 16.7. The van der Waals surface area contributed by atoms with Crippen molar-refractivity contribution in [2.45, 2.75) is 82.2 Å². The molecule has 0 bridgehead atoms. The number of fused-ring (bicyclic) bond motifs is 5. The molecule has 5 fully saturated rings. The molecular weight excluding hydrogens is 330 g/mol. The summed E-state index contributed by atoms with van der Waals surface area (Å²) in [6.07, 6.45) is 7.06. The van der Waals surface area contributed by atoms with Gasteiger partial charge in [-0.2, -0.15) is 5.26 Å². The normalized spacial score (nSPS) is 55.0. The lowest BCUT2D eigenvalue weighted by Crippen LogP contribution is -2.66. The van der Waals surface area contributed by atoms with Crippen molar-refractivity contribution >= 4 is 0 Å². The standard InChI is InChI=1S/C21H31NO4/c1-18-6-5-16-14(15(18)2-3-17(18)23)4-7-20(24)12-21(25-10-11-26-21)9-8-19(16,20)13-22/h14-17,23-24H,2-12H2,1H3/t14?,15?,16?,17-,18-,19-,20+/m0/s1. The second kappa shape index (κ2) is 5.44. The Bertz CT molecular complexity index is 640. The van der Waals surface area contributed by atoms with E-state index in [1.807, 2.05) is 0 Å². The Labute approximate surface area is 155 Å². The summed E-state index contributed by atoms with van der Waals surface area (Å²) >= 11 is 0. The van der Waals surface area contributed by atoms with E-state index >= 15 is 0 Å². The van der Waals surface area contributed by atoms with E-state index < -0.39 is 16.8 Å². The third-order valence-electron chi connectivity index (χ3n) is 9.22. The van der Waals surface area contributed by atoms with Crippen LogP contribution in [0.15, 0.2) is 0 Å². The molecule has 5 nitrogen and oxygen atoms in total. The molecule has 2 N–H and O–H groups in total. The molecule has 0 aromatic heterocycles. The van der Waals surface area contributed by atoms with Crippen LogP contribution in [0.3, 0.4) is 0 Å². The van der Waals surface area contributed by atoms with E-state index in [9.17, 15) is 15.5 Å². The maximum absolute atomic E-state index is 11.7. The third kappa shape index (κ3) is 2.00. The number of hydrogen-bond acceptors (Lipinski definition) is 5. The minimum absolute atomic E-state index is 0.000826. The predicted molar refractivity (Wildman–Crippen MR) is 93.8 cm³/mol. The van der Waals surface area contributed by atoms with Crippen molar-refractivity contribution < 1.29 is 19.7 Å². The van der Waals surface area contributed by atoms with Crippen LogP contribution >= 0.6 is 0 Å². The molecule has 0 amide bonds. The van der Waals surface area contributed by atoms with Gasteiger partial charge in [0.15, 0.2) is 5.79 Å². The van der Waals surface area contributed by atoms with Gasteiger partial charge in [-0.25, -0.2) is 0 Å². The van der Waals surface area contributed by atoms with Gasteiger partial charge in [0.1, 0.15) is 0 Å². The molecule has 7 atom stereocenters. The Morgan fingerprint density at radius 3 is 2.46 bits per heavy atom. The van der Waals surface area contributed by atoms with Crippen LogP contribution in [-0.4, -0.2) is 40.9 Å². The molecule has 0 radical (unpaired) electrons. The smallest absolute Gasteiger partial charge is 0.171 e. The van der Waals surface area contributed by atoms with Gasteiger partial charge in [-0.3, -0.25) is 0 Å². The maximum atomic E-state index is 11.7. The van der Waals surface area contributed by atoms with Crippen LogP contribution in [0, 0.1) is 39.9 Å². The first-order chi connectivity index (χ1) is 12.4. The van der Waals surface area contributed by atoms with E-state index in [1.165, 1.54) is 0 Å². The van der Waals surface area contributed by atoms with Crippen LogP contribution in [-0.2, 0) is 9.47 Å². The fourth-order valence-electron chi connectivity index (χ4n) is 7.82. The van der Waals surface area contributed by atoms with Gasteiger partial charge in [-0.05, 0) is 68.1 Å². The molecule has 144 valence electrons. The van der Waals surface area contributed by atoms with Crippen molar-refractivity contribution in [2.24, 2.45) is 28.6 Å². The lowest BCUT2D eigenvalue weighted by Gasteiger charge is -2.63. The van der Waals surface area contributed by atoms with Crippen molar-refractivity contribution in [2.75, 3.05) is 13.2 Å². The zero-order valence-electron chi connectivity index (χ0n) is 15.7. The first kappa shape index (κ1) is 17.4. The molecule has 4 saturated carbocycles. The van der Waals surface area contributed by atoms with Gasteiger partial charge in [0.2, 0.25) is 0 Å². The molecule has 1 spiro atoms. The highest BCUT2D eigenvalue weighted by Gasteiger charge is 2.69. The minimum atomic E-state index is -1.02. The largest absolute Gasteiger partial charge is 0.393 e. The molecule has 3 unspecified atom stereocenters. The number of rotatable bonds is 0. The van der Waals surface area contributed by atoms with Crippen molar-refractivity contribution in [1.29, 1.82) is 5.26 Å². The monoisotopic (exact) mass is 361 g/mol. The van der Waals surface area contributed by atoms with Crippen molar-refractivity contribution in [3.05, 3.63) is 0 Å². The maximum Gasteiger partial charge on any atom is 0.171 e. The van der Waals surface area contributed by atoms with E-state index in [0.29, 0.717) is 50.7 Å². The van der Waals surface area contributed by atoms with Gasteiger partial charge < -0.3 is 19.7 Å². The zero-order valence-corrected chi connectivity index (χ0v) is 15.7. The van der Waals surface area contributed by atoms with E-state index in [1.54, 1.807) is 0 Å². The van der Waals surface area contributed by atoms with Crippen molar-refractivity contribution in [3.63, 3.8) is 0 Å². The summed E-state index contributed by atoms with van der Waals surface area (Å²) < 4.78 is 11.8. The molecule has 5 rings (SSSR count). The summed E-state index contributed by atoms with van der Waals surface area (Å²) in [5.74, 6) is 0.494. The molecule has 26 heavy (non-hydrogen) atoms. The van der Waals surface area contributed by atoms with Gasteiger partial charge >= 0.3 is 0 Å². The second-order valence-electron chi connectivity index (χ2n) is 9.95. The second-order valence-corrected chi connectivity index (χ2v) is 9.95. The number of aliphatic hydroxyl groups excluding tert-OH is 1. The SMILES string of the molecule is C[C@]12CCC3C(CC[C@@]4(O)CC5(CC[C@]34C#N)OCCO5)C1CC[C@@H]2O. The minimum Gasteiger partial charge on any atom is -0.393 e. The van der Waals surface area contributed by atoms with Gasteiger partial charge in [0.25, 0.3) is 0 Å². The molecular formula is C21H31NO4. The molecule has 0 aromatic carbocycles. The summed E-state index contributed by atoms with van der Waals surface area (Å²) in [6.45, 7) is 3.42. The lowest BCUT2D eigenvalue weighted by atomic mass is 9.43. The van der Waals surface area contributed by atoms with Crippen molar-refractivity contribution in [3.8, 4) is 6.07 Å². The highest BCUT2D eigenvalue weighted by Crippen LogP contribution is 2.68. The fraction of sp³-hybridized carbons (Fsp3) is 0.952. The zero-order chi connectivity index (χ0) is 18.2. The number of hydrogen-bond donors (Lipinski definition) is 2. The van der Waals surface area contributed by atoms with Crippen LogP contribution < -0.4 is 0 Å². The average molecular weight is 361 g/mol. The number of nitriles is 1. The summed E-state index contributed by atoms with van der Waals surface area (Å²) in [7, 11) is 0. The molecule has 1 saturated heterocycles. The lowest BCUT2D eigenvalue weighted by molar-refractivity contribution is -0.275. The first-order valence-electron chi connectivity index (χ1n) is 10.5. The summed E-state index contributed by atoms with van der Waals surface area (Å²) in [6, 6.07) is 2.65. The third-order valence-corrected chi connectivity index (χ3v) is 9.22. The van der Waals surface area contributed by atoms with Crippen LogP contribution in [0.5, 0.6) is 0 Å². The summed E-state index contributed by atoms with van der Waals surface area (Å²) in [5, 5.41) is 32.6. The molecule has 5 heteroatoms. The van der Waals surface area contributed by atoms with Crippen molar-refractivity contribution in [1.82, 2.24) is 0 Å². The molecule has 1 aliphatic heterocycles. The number of aliphatic hydroxyl groups is 2. The Balaban J connectivity index is 1.50. The highest BCUT2D eigenvalue weighted by molar-refractivity contribution is 5.23. The quantitative estimate of drug-likeness (QED) is 0.693. The number of nitrogens with zero attached hydrogens (tertiary/aromatic N) is 1. The van der Waals surface area contributed by atoms with Gasteiger partial charge in [0.05, 0.1) is 36.4 Å². The first-order valence-corrected chi connectivity index (χ1v) is 10.5. The van der Waals surface area contributed by atoms with Crippen LogP contribution in [0.1, 0.15) is 64.7 Å². The predicted octanol–water partition coefficient (Wildman–Crippen LogP) is 2.75. The molecule has 0 aromatic rings. The van der Waals surface area contributed by atoms with Gasteiger partial charge in [0, 0.05) is 12.8 Å². The fourth-order valence-corrected chi connectivity index (χ4v) is 7.82. The van der Waals surface area contributed by atoms with E-state index in [0.717, 1.165) is 32.1 Å². The summed E-state index contributed by atoms with van der Waals surface area (Å²) in [5.41, 5.74) is -1.71. The average Bonchev–Trinajstić information content (AvgIpc) is 3.19. The molecule has 1 heterocycles. The molecule has 5 aliphatic rings. The van der Waals surface area contributed by atoms with E-state index in [4.69, 9.17) is 9.47 Å². The van der Waals surface area contributed by atoms with Crippen LogP contribution in [0.4, 0.5) is 0 Å². The van der Waals surface area contributed by atoms with Crippen LogP contribution in [0.2, 0.25) is 0 Å².